The van der Waals surface area contributed by atoms with Crippen molar-refractivity contribution in [3.63, 3.8) is 0 Å². The van der Waals surface area contributed by atoms with Gasteiger partial charge in [0.15, 0.2) is 0 Å². The largest absolute Gasteiger partial charge is 0.463 e. The number of carbonyl (C=O) groups excluding carboxylic acids is 3. The minimum absolute atomic E-state index is 0.0142. The van der Waals surface area contributed by atoms with Crippen LogP contribution in [0.3, 0.4) is 0 Å². The second-order valence-electron chi connectivity index (χ2n) is 6.80. The van der Waals surface area contributed by atoms with Crippen molar-refractivity contribution in [3.05, 3.63) is 76.0 Å². The monoisotopic (exact) mass is 440 g/mol. The van der Waals surface area contributed by atoms with Crippen molar-refractivity contribution in [2.24, 2.45) is 0 Å². The average Bonchev–Trinajstić information content (AvgIpc) is 3.47. The summed E-state index contributed by atoms with van der Waals surface area (Å²) in [6, 6.07) is 11.3. The van der Waals surface area contributed by atoms with Gasteiger partial charge in [-0.05, 0) is 42.8 Å². The van der Waals surface area contributed by atoms with Crippen molar-refractivity contribution in [2.45, 2.75) is 13.5 Å². The number of amides is 3. The van der Waals surface area contributed by atoms with Crippen LogP contribution in [0.1, 0.15) is 27.6 Å². The van der Waals surface area contributed by atoms with Gasteiger partial charge in [0.2, 0.25) is 5.76 Å². The van der Waals surface area contributed by atoms with Crippen LogP contribution in [-0.4, -0.2) is 29.9 Å². The lowest BCUT2D eigenvalue weighted by atomic mass is 10.1. The molecule has 1 aliphatic heterocycles. The molecule has 0 radical (unpaired) electrons. The van der Waals surface area contributed by atoms with E-state index in [1.54, 1.807) is 18.2 Å². The molecule has 0 saturated carbocycles. The molecule has 0 aliphatic carbocycles. The molecule has 4 rings (SSSR count). The first-order valence-corrected chi connectivity index (χ1v) is 9.61. The fraction of sp³-hybridized carbons (Fsp3) is 0.136. The normalized spacial score (nSPS) is 14.9. The summed E-state index contributed by atoms with van der Waals surface area (Å²) in [5.41, 5.74) is 1.81. The maximum absolute atomic E-state index is 12.7. The SMILES string of the molecule is COC(=O)c1ccc(CN2C(=O)NC(=Cc3ccc(-c4ccc(C)c(Cl)c4)o3)C2=O)o1. The van der Waals surface area contributed by atoms with Gasteiger partial charge in [-0.25, -0.2) is 9.59 Å². The number of nitrogens with zero attached hydrogens (tertiary/aromatic N) is 1. The van der Waals surface area contributed by atoms with E-state index in [2.05, 4.69) is 10.1 Å². The van der Waals surface area contributed by atoms with E-state index in [4.69, 9.17) is 20.4 Å². The number of halogens is 1. The number of rotatable bonds is 5. The Bertz CT molecular complexity index is 1220. The van der Waals surface area contributed by atoms with Gasteiger partial charge in [-0.1, -0.05) is 23.7 Å². The molecule has 8 nitrogen and oxygen atoms in total. The summed E-state index contributed by atoms with van der Waals surface area (Å²) in [5.74, 6) is 0.0303. The maximum atomic E-state index is 12.7. The molecule has 9 heteroatoms. The summed E-state index contributed by atoms with van der Waals surface area (Å²) in [6.45, 7) is 1.77. The Labute approximate surface area is 182 Å². The van der Waals surface area contributed by atoms with Crippen molar-refractivity contribution >= 4 is 35.6 Å². The van der Waals surface area contributed by atoms with Crippen LogP contribution in [0.15, 0.2) is 57.0 Å². The molecule has 0 unspecified atom stereocenters. The van der Waals surface area contributed by atoms with Crippen molar-refractivity contribution in [1.29, 1.82) is 0 Å². The molecule has 0 atom stereocenters. The molecule has 0 spiro atoms. The molecule has 31 heavy (non-hydrogen) atoms. The zero-order valence-electron chi connectivity index (χ0n) is 16.6. The van der Waals surface area contributed by atoms with Crippen LogP contribution in [0, 0.1) is 6.92 Å². The number of nitrogens with one attached hydrogen (secondary N) is 1. The van der Waals surface area contributed by atoms with Gasteiger partial charge in [0.25, 0.3) is 5.91 Å². The van der Waals surface area contributed by atoms with Gasteiger partial charge in [0, 0.05) is 16.7 Å². The zero-order chi connectivity index (χ0) is 22.1. The third-order valence-corrected chi connectivity index (χ3v) is 5.10. The topological polar surface area (TPSA) is 102 Å². The Balaban J connectivity index is 1.51. The summed E-state index contributed by atoms with van der Waals surface area (Å²) in [7, 11) is 1.23. The second-order valence-corrected chi connectivity index (χ2v) is 7.21. The van der Waals surface area contributed by atoms with E-state index in [0.717, 1.165) is 16.0 Å². The van der Waals surface area contributed by atoms with E-state index in [0.29, 0.717) is 16.5 Å². The molecular formula is C22H17ClN2O6. The van der Waals surface area contributed by atoms with Crippen LogP contribution >= 0.6 is 11.6 Å². The van der Waals surface area contributed by atoms with Gasteiger partial charge < -0.3 is 18.9 Å². The lowest BCUT2D eigenvalue weighted by molar-refractivity contribution is -0.123. The molecule has 1 N–H and O–H groups in total. The van der Waals surface area contributed by atoms with Gasteiger partial charge in [0.1, 0.15) is 23.0 Å². The summed E-state index contributed by atoms with van der Waals surface area (Å²) >= 11 is 6.17. The van der Waals surface area contributed by atoms with Gasteiger partial charge in [-0.3, -0.25) is 9.69 Å². The number of urea groups is 1. The van der Waals surface area contributed by atoms with E-state index in [-0.39, 0.29) is 23.8 Å². The van der Waals surface area contributed by atoms with Crippen molar-refractivity contribution in [3.8, 4) is 11.3 Å². The van der Waals surface area contributed by atoms with Crippen molar-refractivity contribution in [2.75, 3.05) is 7.11 Å². The standard InChI is InChI=1S/C22H17ClN2O6/c1-12-3-4-13(9-16(12)23)18-7-5-14(30-18)10-17-20(26)25(22(28)24-17)11-15-6-8-19(31-15)21(27)29-2/h3-10H,11H2,1-2H3,(H,24,28). The first-order valence-electron chi connectivity index (χ1n) is 9.23. The molecular weight excluding hydrogens is 424 g/mol. The Hall–Kier alpha value is -3.78. The number of furan rings is 2. The molecule has 1 aromatic carbocycles. The molecule has 2 aromatic heterocycles. The van der Waals surface area contributed by atoms with Gasteiger partial charge >= 0.3 is 12.0 Å². The Morgan fingerprint density at radius 1 is 1.16 bits per heavy atom. The summed E-state index contributed by atoms with van der Waals surface area (Å²) in [6.07, 6.45) is 1.45. The first kappa shape index (κ1) is 20.5. The van der Waals surface area contributed by atoms with Gasteiger partial charge in [0.05, 0.1) is 13.7 Å². The highest BCUT2D eigenvalue weighted by Crippen LogP contribution is 2.28. The fourth-order valence-electron chi connectivity index (χ4n) is 3.02. The molecule has 1 aliphatic rings. The minimum Gasteiger partial charge on any atom is -0.463 e. The van der Waals surface area contributed by atoms with Crippen LogP contribution in [0.25, 0.3) is 17.4 Å². The minimum atomic E-state index is -0.646. The van der Waals surface area contributed by atoms with E-state index >= 15 is 0 Å². The average molecular weight is 441 g/mol. The predicted molar refractivity (Wildman–Crippen MR) is 111 cm³/mol. The molecule has 3 amide bonds. The molecule has 1 fully saturated rings. The number of esters is 1. The number of imide groups is 1. The third-order valence-electron chi connectivity index (χ3n) is 4.69. The van der Waals surface area contributed by atoms with Crippen LogP contribution < -0.4 is 5.32 Å². The highest BCUT2D eigenvalue weighted by molar-refractivity contribution is 6.31. The van der Waals surface area contributed by atoms with E-state index in [1.165, 1.54) is 25.3 Å². The highest BCUT2D eigenvalue weighted by atomic mass is 35.5. The fourth-order valence-corrected chi connectivity index (χ4v) is 3.20. The van der Waals surface area contributed by atoms with E-state index < -0.39 is 17.9 Å². The summed E-state index contributed by atoms with van der Waals surface area (Å²) in [4.78, 5) is 37.4. The second kappa shape index (κ2) is 8.16. The Kier molecular flexibility index (Phi) is 5.39. The summed E-state index contributed by atoms with van der Waals surface area (Å²) < 4.78 is 15.7. The number of ether oxygens (including phenoxy) is 1. The van der Waals surface area contributed by atoms with E-state index in [1.807, 2.05) is 19.1 Å². The lowest BCUT2D eigenvalue weighted by Gasteiger charge is -2.09. The first-order chi connectivity index (χ1) is 14.9. The number of benzene rings is 1. The molecule has 3 heterocycles. The van der Waals surface area contributed by atoms with Crippen LogP contribution in [0.4, 0.5) is 4.79 Å². The number of methoxy groups -OCH3 is 1. The number of hydrogen-bond acceptors (Lipinski definition) is 6. The molecule has 1 saturated heterocycles. The van der Waals surface area contributed by atoms with Crippen LogP contribution in [0.2, 0.25) is 5.02 Å². The lowest BCUT2D eigenvalue weighted by Crippen LogP contribution is -2.30. The smallest absolute Gasteiger partial charge is 0.373 e. The maximum Gasteiger partial charge on any atom is 0.373 e. The number of aryl methyl sites for hydroxylation is 1. The van der Waals surface area contributed by atoms with E-state index in [9.17, 15) is 14.4 Å². The Morgan fingerprint density at radius 2 is 1.97 bits per heavy atom. The highest BCUT2D eigenvalue weighted by Gasteiger charge is 2.34. The zero-order valence-corrected chi connectivity index (χ0v) is 17.4. The molecule has 0 bridgehead atoms. The quantitative estimate of drug-likeness (QED) is 0.359. The van der Waals surface area contributed by atoms with Crippen LogP contribution in [-0.2, 0) is 16.1 Å². The Morgan fingerprint density at radius 3 is 2.71 bits per heavy atom. The van der Waals surface area contributed by atoms with Crippen molar-refractivity contribution in [1.82, 2.24) is 10.2 Å². The number of carbonyl (C=O) groups is 3. The summed E-state index contributed by atoms with van der Waals surface area (Å²) in [5, 5.41) is 3.13. The molecule has 158 valence electrons. The van der Waals surface area contributed by atoms with Crippen molar-refractivity contribution < 1.29 is 28.0 Å². The van der Waals surface area contributed by atoms with Gasteiger partial charge in [-0.15, -0.1) is 0 Å². The number of hydrogen-bond donors (Lipinski definition) is 1. The molecule has 3 aromatic rings. The van der Waals surface area contributed by atoms with Crippen LogP contribution in [0.5, 0.6) is 0 Å². The van der Waals surface area contributed by atoms with Gasteiger partial charge in [-0.2, -0.15) is 0 Å². The predicted octanol–water partition coefficient (Wildman–Crippen LogP) is 4.38. The third kappa shape index (κ3) is 4.10.